The van der Waals surface area contributed by atoms with E-state index in [0.717, 1.165) is 11.3 Å². The summed E-state index contributed by atoms with van der Waals surface area (Å²) in [7, 11) is -1.55. The van der Waals surface area contributed by atoms with E-state index in [-0.39, 0.29) is 31.4 Å². The molecule has 2 aliphatic rings. The molecule has 236 valence electrons. The van der Waals surface area contributed by atoms with Gasteiger partial charge >= 0.3 is 31.4 Å². The average molecular weight is 744 g/mol. The van der Waals surface area contributed by atoms with Crippen molar-refractivity contribution in [1.29, 1.82) is 0 Å². The van der Waals surface area contributed by atoms with Crippen molar-refractivity contribution in [2.24, 2.45) is 0 Å². The predicted octanol–water partition coefficient (Wildman–Crippen LogP) is 6.83. The fraction of sp³-hybridized carbons (Fsp3) is 0.100. The Morgan fingerprint density at radius 3 is 1.00 bits per heavy atom. The molecule has 0 unspecified atom stereocenters. The maximum Gasteiger partial charge on any atom is 2.00 e. The van der Waals surface area contributed by atoms with Crippen LogP contribution in [-0.2, 0) is 38.5 Å². The molecular formula is C40H36O4P2Ru+2. The topological polar surface area (TPSA) is 52.6 Å². The van der Waals surface area contributed by atoms with Crippen LogP contribution in [0.4, 0.5) is 0 Å². The zero-order valence-corrected chi connectivity index (χ0v) is 29.8. The second-order valence-corrected chi connectivity index (χ2v) is 14.5. The van der Waals surface area contributed by atoms with Crippen LogP contribution in [-0.4, -0.2) is 25.2 Å². The summed E-state index contributed by atoms with van der Waals surface area (Å²) in [6, 6.07) is 41.4. The molecule has 4 aromatic rings. The van der Waals surface area contributed by atoms with E-state index in [1.807, 2.05) is 125 Å². The molecule has 2 fully saturated rings. The van der Waals surface area contributed by atoms with Crippen molar-refractivity contribution in [3.63, 3.8) is 0 Å². The minimum absolute atomic E-state index is 0. The molecule has 0 N–H and O–H groups in total. The van der Waals surface area contributed by atoms with Gasteiger partial charge in [0.25, 0.3) is 0 Å². The Hall–Kier alpha value is -2.70. The third-order valence-electron chi connectivity index (χ3n) is 7.12. The Balaban J connectivity index is 0.000000208. The van der Waals surface area contributed by atoms with Crippen LogP contribution in [0.3, 0.4) is 0 Å². The summed E-state index contributed by atoms with van der Waals surface area (Å²) in [5, 5.41) is 4.91. The number of carbonyl (C=O) groups excluding carboxylic acids is 2. The van der Waals surface area contributed by atoms with Crippen LogP contribution >= 0.6 is 15.8 Å². The predicted molar refractivity (Wildman–Crippen MR) is 190 cm³/mol. The Morgan fingerprint density at radius 2 is 0.745 bits per heavy atom. The van der Waals surface area contributed by atoms with Crippen molar-refractivity contribution in [3.05, 3.63) is 183 Å². The first-order valence-corrected chi connectivity index (χ1v) is 18.0. The molecule has 0 aliphatic heterocycles. The summed E-state index contributed by atoms with van der Waals surface area (Å²) >= 11 is 0. The molecule has 0 heterocycles. The fourth-order valence-electron chi connectivity index (χ4n) is 5.14. The second kappa shape index (κ2) is 19.3. The van der Waals surface area contributed by atoms with Crippen molar-refractivity contribution in [1.82, 2.24) is 0 Å². The molecule has 0 spiro atoms. The minimum atomic E-state index is -0.774. The average Bonchev–Trinajstić information content (AvgIpc) is 3.79. The molecule has 0 atom stereocenters. The maximum atomic E-state index is 12.3. The van der Waals surface area contributed by atoms with Crippen molar-refractivity contribution in [2.45, 2.75) is 13.8 Å². The van der Waals surface area contributed by atoms with Crippen molar-refractivity contribution >= 4 is 49.0 Å². The first-order chi connectivity index (χ1) is 22.6. The van der Waals surface area contributed by atoms with E-state index in [1.54, 1.807) is 0 Å². The molecule has 0 amide bonds. The first-order valence-electron chi connectivity index (χ1n) is 15.3. The van der Waals surface area contributed by atoms with E-state index >= 15 is 0 Å². The molecule has 6 rings (SSSR count). The Morgan fingerprint density at radius 1 is 0.468 bits per heavy atom. The van der Waals surface area contributed by atoms with Crippen LogP contribution in [0.15, 0.2) is 121 Å². The van der Waals surface area contributed by atoms with Crippen molar-refractivity contribution in [3.8, 4) is 0 Å². The Kier molecular flexibility index (Phi) is 15.3. The minimum Gasteiger partial charge on any atom is -0.465 e. The summed E-state index contributed by atoms with van der Waals surface area (Å²) in [6.07, 6.45) is 11.7. The number of rotatable bonds is 10. The van der Waals surface area contributed by atoms with Gasteiger partial charge in [-0.3, -0.25) is 9.59 Å². The quantitative estimate of drug-likeness (QED) is 0.102. The van der Waals surface area contributed by atoms with Crippen LogP contribution in [0.5, 0.6) is 0 Å². The molecule has 4 aromatic carbocycles. The van der Waals surface area contributed by atoms with Gasteiger partial charge in [0, 0.05) is 11.3 Å². The van der Waals surface area contributed by atoms with E-state index in [1.165, 1.54) is 21.2 Å². The molecular weight excluding hydrogens is 707 g/mol. The van der Waals surface area contributed by atoms with Crippen molar-refractivity contribution in [2.75, 3.05) is 13.2 Å². The van der Waals surface area contributed by atoms with Gasteiger partial charge in [0.2, 0.25) is 0 Å². The molecule has 0 aromatic heterocycles. The molecule has 10 radical (unpaired) electrons. The molecule has 0 bridgehead atoms. The van der Waals surface area contributed by atoms with Crippen LogP contribution in [0.25, 0.3) is 0 Å². The molecule has 47 heavy (non-hydrogen) atoms. The third-order valence-corrected chi connectivity index (χ3v) is 12.1. The summed E-state index contributed by atoms with van der Waals surface area (Å²) in [4.78, 5) is 24.6. The Bertz CT molecular complexity index is 1300. The summed E-state index contributed by atoms with van der Waals surface area (Å²) in [6.45, 7) is 4.44. The van der Waals surface area contributed by atoms with Gasteiger partial charge in [0.05, 0.1) is 13.2 Å². The number of hydrogen-bond acceptors (Lipinski definition) is 4. The van der Waals surface area contributed by atoms with Gasteiger partial charge in [0.15, 0.2) is 0 Å². The zero-order valence-electron chi connectivity index (χ0n) is 26.3. The fourth-order valence-corrected chi connectivity index (χ4v) is 10.0. The molecule has 2 saturated carbocycles. The number of benzene rings is 4. The largest absolute Gasteiger partial charge is 2.00 e. The SMILES string of the molecule is CCOC(=O)[C]1[CH][CH][CH][C]1P(c1ccccc1)c1ccccc1.CCOC(=O)[C]1[CH][CH][CH][C]1P(c1ccccc1)c1ccccc1.[Ru+2]. The van der Waals surface area contributed by atoms with Crippen LogP contribution in [0.1, 0.15) is 13.8 Å². The van der Waals surface area contributed by atoms with Crippen LogP contribution in [0, 0.1) is 61.7 Å². The third kappa shape index (κ3) is 9.69. The normalized spacial score (nSPS) is 15.6. The number of ether oxygens (including phenoxy) is 2. The molecule has 7 heteroatoms. The first kappa shape index (κ1) is 37.1. The van der Waals surface area contributed by atoms with Crippen LogP contribution < -0.4 is 21.2 Å². The van der Waals surface area contributed by atoms with Gasteiger partial charge in [-0.25, -0.2) is 0 Å². The van der Waals surface area contributed by atoms with Gasteiger partial charge in [0.1, 0.15) is 11.8 Å². The van der Waals surface area contributed by atoms with Crippen molar-refractivity contribution < 1.29 is 38.5 Å². The van der Waals surface area contributed by atoms with Gasteiger partial charge in [-0.1, -0.05) is 121 Å². The van der Waals surface area contributed by atoms with Crippen LogP contribution in [0.2, 0.25) is 0 Å². The van der Waals surface area contributed by atoms with E-state index < -0.39 is 15.8 Å². The monoisotopic (exact) mass is 744 g/mol. The summed E-state index contributed by atoms with van der Waals surface area (Å²) in [5.74, 6) is 0.857. The Labute approximate surface area is 296 Å². The van der Waals surface area contributed by atoms with Gasteiger partial charge in [-0.2, -0.15) is 0 Å². The summed E-state index contributed by atoms with van der Waals surface area (Å²) < 4.78 is 10.4. The van der Waals surface area contributed by atoms with E-state index in [0.29, 0.717) is 25.0 Å². The number of hydrogen-bond donors (Lipinski definition) is 0. The number of esters is 2. The number of carbonyl (C=O) groups is 2. The smallest absolute Gasteiger partial charge is 0.465 e. The second-order valence-electron chi connectivity index (χ2n) is 10.1. The van der Waals surface area contributed by atoms with E-state index in [4.69, 9.17) is 9.47 Å². The molecule has 2 aliphatic carbocycles. The van der Waals surface area contributed by atoms with Gasteiger partial charge in [-0.15, -0.1) is 0 Å². The zero-order chi connectivity index (χ0) is 32.1. The van der Waals surface area contributed by atoms with E-state index in [9.17, 15) is 9.59 Å². The molecule has 4 nitrogen and oxygen atoms in total. The summed E-state index contributed by atoms with van der Waals surface area (Å²) in [5.41, 5.74) is 2.10. The standard InChI is InChI=1S/2C20H18O2P.Ru/c2*1-2-22-20(21)18-14-9-15-19(18)23(16-10-5-3-6-11-16)17-12-7-4-8-13-17;/h2*3-15H,2H2,1H3;/q;;+2. The van der Waals surface area contributed by atoms with Gasteiger partial charge < -0.3 is 9.47 Å². The van der Waals surface area contributed by atoms with Gasteiger partial charge in [-0.05, 0) is 89.4 Å². The molecule has 0 saturated heterocycles. The van der Waals surface area contributed by atoms with E-state index in [2.05, 4.69) is 48.5 Å². The maximum absolute atomic E-state index is 12.3.